The Kier molecular flexibility index (Phi) is 4.28. The summed E-state index contributed by atoms with van der Waals surface area (Å²) in [6.45, 7) is 1.51. The van der Waals surface area contributed by atoms with Gasteiger partial charge in [-0.2, -0.15) is 0 Å². The lowest BCUT2D eigenvalue weighted by Crippen LogP contribution is -2.21. The first kappa shape index (κ1) is 13.0. The highest BCUT2D eigenvalue weighted by Crippen LogP contribution is 2.37. The van der Waals surface area contributed by atoms with Crippen molar-refractivity contribution in [1.82, 2.24) is 5.32 Å². The van der Waals surface area contributed by atoms with E-state index in [2.05, 4.69) is 5.32 Å². The SMILES string of the molecule is O=C(O)CNCc1cc(Cl)c2c(c1)OCCCO2. The number of halogens is 1. The predicted octanol–water partition coefficient (Wildman–Crippen LogP) is 1.68. The first-order chi connectivity index (χ1) is 8.66. The van der Waals surface area contributed by atoms with Crippen molar-refractivity contribution in [1.29, 1.82) is 0 Å². The number of benzene rings is 1. The Morgan fingerprint density at radius 3 is 2.94 bits per heavy atom. The van der Waals surface area contributed by atoms with Gasteiger partial charge in [0.2, 0.25) is 0 Å². The molecule has 0 unspecified atom stereocenters. The quantitative estimate of drug-likeness (QED) is 0.872. The summed E-state index contributed by atoms with van der Waals surface area (Å²) in [6.07, 6.45) is 0.817. The number of carbonyl (C=O) groups is 1. The molecule has 1 aliphatic rings. The molecular weight excluding hydrogens is 258 g/mol. The number of aliphatic carboxylic acids is 1. The maximum absolute atomic E-state index is 10.4. The van der Waals surface area contributed by atoms with Crippen LogP contribution in [0.4, 0.5) is 0 Å². The van der Waals surface area contributed by atoms with Gasteiger partial charge in [-0.3, -0.25) is 4.79 Å². The molecule has 0 spiro atoms. The Labute approximate surface area is 110 Å². The summed E-state index contributed by atoms with van der Waals surface area (Å²) in [5.41, 5.74) is 0.866. The lowest BCUT2D eigenvalue weighted by molar-refractivity contribution is -0.135. The van der Waals surface area contributed by atoms with Gasteiger partial charge in [0, 0.05) is 13.0 Å². The zero-order chi connectivity index (χ0) is 13.0. The van der Waals surface area contributed by atoms with E-state index in [1.807, 2.05) is 6.07 Å². The summed E-state index contributed by atoms with van der Waals surface area (Å²) in [7, 11) is 0. The van der Waals surface area contributed by atoms with Crippen LogP contribution in [0, 0.1) is 0 Å². The molecule has 0 atom stereocenters. The van der Waals surface area contributed by atoms with Crippen molar-refractivity contribution in [2.45, 2.75) is 13.0 Å². The molecule has 0 aliphatic carbocycles. The Bertz CT molecular complexity index is 450. The maximum atomic E-state index is 10.4. The van der Waals surface area contributed by atoms with E-state index in [0.717, 1.165) is 12.0 Å². The molecule has 0 fully saturated rings. The van der Waals surface area contributed by atoms with Crippen LogP contribution >= 0.6 is 11.6 Å². The lowest BCUT2D eigenvalue weighted by atomic mass is 10.2. The van der Waals surface area contributed by atoms with Gasteiger partial charge in [-0.25, -0.2) is 0 Å². The molecule has 0 saturated carbocycles. The van der Waals surface area contributed by atoms with Crippen molar-refractivity contribution in [3.63, 3.8) is 0 Å². The molecule has 0 saturated heterocycles. The molecule has 6 heteroatoms. The molecule has 1 aliphatic heterocycles. The van der Waals surface area contributed by atoms with Crippen molar-refractivity contribution < 1.29 is 19.4 Å². The van der Waals surface area contributed by atoms with Crippen LogP contribution in [0.15, 0.2) is 12.1 Å². The highest BCUT2D eigenvalue weighted by Gasteiger charge is 2.15. The Hall–Kier alpha value is -1.46. The minimum Gasteiger partial charge on any atom is -0.489 e. The van der Waals surface area contributed by atoms with Crippen molar-refractivity contribution in [2.75, 3.05) is 19.8 Å². The monoisotopic (exact) mass is 271 g/mol. The molecule has 1 heterocycles. The van der Waals surface area contributed by atoms with Crippen LogP contribution in [0.1, 0.15) is 12.0 Å². The molecule has 0 amide bonds. The van der Waals surface area contributed by atoms with Gasteiger partial charge in [0.25, 0.3) is 0 Å². The van der Waals surface area contributed by atoms with E-state index >= 15 is 0 Å². The van der Waals surface area contributed by atoms with Gasteiger partial charge in [-0.05, 0) is 17.7 Å². The van der Waals surface area contributed by atoms with Gasteiger partial charge in [-0.1, -0.05) is 11.6 Å². The first-order valence-corrected chi connectivity index (χ1v) is 6.05. The summed E-state index contributed by atoms with van der Waals surface area (Å²) in [4.78, 5) is 10.4. The molecule has 1 aromatic rings. The van der Waals surface area contributed by atoms with E-state index in [1.165, 1.54) is 0 Å². The van der Waals surface area contributed by atoms with E-state index in [9.17, 15) is 4.79 Å². The molecule has 98 valence electrons. The maximum Gasteiger partial charge on any atom is 0.317 e. The molecule has 5 nitrogen and oxygen atoms in total. The summed E-state index contributed by atoms with van der Waals surface area (Å²) < 4.78 is 11.0. The highest BCUT2D eigenvalue weighted by atomic mass is 35.5. The van der Waals surface area contributed by atoms with Crippen molar-refractivity contribution in [3.8, 4) is 11.5 Å². The molecule has 18 heavy (non-hydrogen) atoms. The third-order valence-electron chi connectivity index (χ3n) is 2.47. The van der Waals surface area contributed by atoms with Crippen LogP contribution in [0.2, 0.25) is 5.02 Å². The van der Waals surface area contributed by atoms with Gasteiger partial charge in [0.15, 0.2) is 11.5 Å². The van der Waals surface area contributed by atoms with Gasteiger partial charge < -0.3 is 19.9 Å². The van der Waals surface area contributed by atoms with Gasteiger partial charge >= 0.3 is 5.97 Å². The molecule has 2 N–H and O–H groups in total. The number of nitrogens with one attached hydrogen (secondary N) is 1. The van der Waals surface area contributed by atoms with E-state index < -0.39 is 5.97 Å². The smallest absolute Gasteiger partial charge is 0.317 e. The van der Waals surface area contributed by atoms with Crippen molar-refractivity contribution >= 4 is 17.6 Å². The number of fused-ring (bicyclic) bond motifs is 1. The van der Waals surface area contributed by atoms with Gasteiger partial charge in [0.05, 0.1) is 24.8 Å². The normalized spacial score (nSPS) is 14.1. The van der Waals surface area contributed by atoms with Gasteiger partial charge in [0.1, 0.15) is 0 Å². The number of carboxylic acids is 1. The van der Waals surface area contributed by atoms with E-state index in [0.29, 0.717) is 36.3 Å². The third-order valence-corrected chi connectivity index (χ3v) is 2.75. The second kappa shape index (κ2) is 5.93. The Morgan fingerprint density at radius 2 is 2.17 bits per heavy atom. The molecule has 1 aromatic carbocycles. The number of hydrogen-bond donors (Lipinski definition) is 2. The lowest BCUT2D eigenvalue weighted by Gasteiger charge is -2.11. The fraction of sp³-hybridized carbons (Fsp3) is 0.417. The van der Waals surface area contributed by atoms with Crippen LogP contribution in [-0.2, 0) is 11.3 Å². The minimum atomic E-state index is -0.893. The topological polar surface area (TPSA) is 67.8 Å². The molecular formula is C12H14ClNO4. The zero-order valence-corrected chi connectivity index (χ0v) is 10.5. The zero-order valence-electron chi connectivity index (χ0n) is 9.74. The molecule has 2 rings (SSSR count). The van der Waals surface area contributed by atoms with Crippen LogP contribution in [0.25, 0.3) is 0 Å². The predicted molar refractivity (Wildman–Crippen MR) is 66.4 cm³/mol. The Morgan fingerprint density at radius 1 is 1.39 bits per heavy atom. The van der Waals surface area contributed by atoms with Crippen LogP contribution in [0.5, 0.6) is 11.5 Å². The van der Waals surface area contributed by atoms with E-state index in [1.54, 1.807) is 6.07 Å². The molecule has 0 aromatic heterocycles. The van der Waals surface area contributed by atoms with Gasteiger partial charge in [-0.15, -0.1) is 0 Å². The van der Waals surface area contributed by atoms with Crippen LogP contribution in [-0.4, -0.2) is 30.8 Å². The summed E-state index contributed by atoms with van der Waals surface area (Å²) in [5, 5.41) is 11.8. The largest absolute Gasteiger partial charge is 0.489 e. The first-order valence-electron chi connectivity index (χ1n) is 5.67. The van der Waals surface area contributed by atoms with Crippen molar-refractivity contribution in [2.24, 2.45) is 0 Å². The second-order valence-electron chi connectivity index (χ2n) is 3.95. The standard InChI is InChI=1S/C12H14ClNO4/c13-9-4-8(6-14-7-11(15)16)5-10-12(9)18-3-1-2-17-10/h4-5,14H,1-3,6-7H2,(H,15,16). The number of carboxylic acid groups (broad SMARTS) is 1. The third kappa shape index (κ3) is 3.27. The van der Waals surface area contributed by atoms with Crippen LogP contribution in [0.3, 0.4) is 0 Å². The number of hydrogen-bond acceptors (Lipinski definition) is 4. The number of rotatable bonds is 4. The molecule has 0 bridgehead atoms. The fourth-order valence-corrected chi connectivity index (χ4v) is 1.99. The minimum absolute atomic E-state index is 0.0912. The molecule has 0 radical (unpaired) electrons. The highest BCUT2D eigenvalue weighted by molar-refractivity contribution is 6.32. The van der Waals surface area contributed by atoms with Crippen LogP contribution < -0.4 is 14.8 Å². The Balaban J connectivity index is 2.10. The number of ether oxygens (including phenoxy) is 2. The van der Waals surface area contributed by atoms with E-state index in [4.69, 9.17) is 26.2 Å². The van der Waals surface area contributed by atoms with E-state index in [-0.39, 0.29) is 6.54 Å². The van der Waals surface area contributed by atoms with Crippen molar-refractivity contribution in [3.05, 3.63) is 22.7 Å². The summed E-state index contributed by atoms with van der Waals surface area (Å²) in [6, 6.07) is 3.57. The summed E-state index contributed by atoms with van der Waals surface area (Å²) in [5.74, 6) is 0.290. The average Bonchev–Trinajstić information content (AvgIpc) is 2.54. The fourth-order valence-electron chi connectivity index (χ4n) is 1.70. The average molecular weight is 272 g/mol. The summed E-state index contributed by atoms with van der Waals surface area (Å²) >= 11 is 6.11. The second-order valence-corrected chi connectivity index (χ2v) is 4.36.